The van der Waals surface area contributed by atoms with Gasteiger partial charge in [-0.1, -0.05) is 18.2 Å². The Balaban J connectivity index is 1.76. The Morgan fingerprint density at radius 3 is 3.11 bits per heavy atom. The minimum atomic E-state index is 0.0466. The summed E-state index contributed by atoms with van der Waals surface area (Å²) in [5.74, 6) is 2.15. The van der Waals surface area contributed by atoms with Crippen molar-refractivity contribution in [3.63, 3.8) is 0 Å². The largest absolute Gasteiger partial charge is 0.327 e. The molecule has 0 amide bonds. The molecule has 1 aliphatic heterocycles. The molecule has 0 spiro atoms. The van der Waals surface area contributed by atoms with Gasteiger partial charge in [-0.15, -0.1) is 22.0 Å². The fourth-order valence-electron chi connectivity index (χ4n) is 2.30. The number of rotatable bonds is 3. The van der Waals surface area contributed by atoms with Crippen LogP contribution in [0.2, 0.25) is 0 Å². The Morgan fingerprint density at radius 2 is 2.33 bits per heavy atom. The monoisotopic (exact) mass is 261 g/mol. The lowest BCUT2D eigenvalue weighted by molar-refractivity contribution is 0.555. The Morgan fingerprint density at radius 1 is 1.50 bits per heavy atom. The molecular formula is C12H15N5S. The van der Waals surface area contributed by atoms with Crippen molar-refractivity contribution >= 4 is 11.8 Å². The molecule has 18 heavy (non-hydrogen) atoms. The van der Waals surface area contributed by atoms with Gasteiger partial charge in [-0.2, -0.15) is 4.80 Å². The van der Waals surface area contributed by atoms with Gasteiger partial charge in [-0.25, -0.2) is 0 Å². The first kappa shape index (κ1) is 11.7. The molecule has 2 aromatic rings. The Bertz CT molecular complexity index is 553. The van der Waals surface area contributed by atoms with E-state index in [1.165, 1.54) is 15.3 Å². The molecule has 94 valence electrons. The Labute approximate surface area is 110 Å². The van der Waals surface area contributed by atoms with Gasteiger partial charge in [0.1, 0.15) is 0 Å². The molecule has 0 radical (unpaired) electrons. The first-order valence-electron chi connectivity index (χ1n) is 5.94. The minimum Gasteiger partial charge on any atom is -0.327 e. The number of aromatic nitrogens is 4. The second-order valence-electron chi connectivity index (χ2n) is 4.52. The normalized spacial score (nSPS) is 19.8. The summed E-state index contributed by atoms with van der Waals surface area (Å²) < 4.78 is 0. The first-order valence-corrected chi connectivity index (χ1v) is 6.93. The third kappa shape index (κ3) is 2.13. The number of hydrogen-bond acceptors (Lipinski definition) is 5. The molecule has 2 unspecified atom stereocenters. The summed E-state index contributed by atoms with van der Waals surface area (Å²) in [6.45, 7) is 0. The van der Waals surface area contributed by atoms with Crippen molar-refractivity contribution in [3.8, 4) is 0 Å². The number of thioether (sulfide) groups is 1. The van der Waals surface area contributed by atoms with E-state index in [0.717, 1.165) is 11.6 Å². The van der Waals surface area contributed by atoms with E-state index >= 15 is 0 Å². The van der Waals surface area contributed by atoms with Crippen LogP contribution in [-0.2, 0) is 13.5 Å². The summed E-state index contributed by atoms with van der Waals surface area (Å²) in [5, 5.41) is 12.0. The third-order valence-corrected chi connectivity index (χ3v) is 4.43. The van der Waals surface area contributed by atoms with Gasteiger partial charge >= 0.3 is 0 Å². The molecule has 2 heterocycles. The predicted octanol–water partition coefficient (Wildman–Crippen LogP) is 0.969. The summed E-state index contributed by atoms with van der Waals surface area (Å²) in [6, 6.07) is 8.53. The molecule has 5 nitrogen and oxygen atoms in total. The molecule has 1 aliphatic rings. The second kappa shape index (κ2) is 4.70. The molecule has 6 heteroatoms. The molecule has 0 aliphatic carbocycles. The van der Waals surface area contributed by atoms with Gasteiger partial charge < -0.3 is 5.73 Å². The topological polar surface area (TPSA) is 69.6 Å². The summed E-state index contributed by atoms with van der Waals surface area (Å²) in [5.41, 5.74) is 7.66. The Hall–Kier alpha value is -1.40. The van der Waals surface area contributed by atoms with Crippen LogP contribution in [0.5, 0.6) is 0 Å². The smallest absolute Gasteiger partial charge is 0.176 e. The number of aryl methyl sites for hydroxylation is 1. The molecule has 0 bridgehead atoms. The van der Waals surface area contributed by atoms with Crippen molar-refractivity contribution < 1.29 is 0 Å². The van der Waals surface area contributed by atoms with Crippen molar-refractivity contribution in [2.24, 2.45) is 12.8 Å². The van der Waals surface area contributed by atoms with Crippen LogP contribution in [0.4, 0.5) is 0 Å². The quantitative estimate of drug-likeness (QED) is 0.891. The fraction of sp³-hybridized carbons (Fsp3) is 0.417. The van der Waals surface area contributed by atoms with Crippen LogP contribution in [0, 0.1) is 0 Å². The van der Waals surface area contributed by atoms with Gasteiger partial charge in [0.25, 0.3) is 0 Å². The van der Waals surface area contributed by atoms with Crippen LogP contribution < -0.4 is 5.73 Å². The standard InChI is InChI=1S/C12H15N5S/c1-17-15-12(14-16-17)6-10(13)9-7-18-11-5-3-2-4-8(9)11/h2-5,9-10H,6-7,13H2,1H3. The molecule has 0 fully saturated rings. The lowest BCUT2D eigenvalue weighted by Crippen LogP contribution is -2.31. The van der Waals surface area contributed by atoms with Crippen LogP contribution in [0.15, 0.2) is 29.2 Å². The van der Waals surface area contributed by atoms with E-state index in [1.54, 1.807) is 7.05 Å². The molecule has 3 rings (SSSR count). The molecule has 0 saturated carbocycles. The SMILES string of the molecule is Cn1nnc(CC(N)C2CSc3ccccc32)n1. The lowest BCUT2D eigenvalue weighted by atomic mass is 9.92. The summed E-state index contributed by atoms with van der Waals surface area (Å²) >= 11 is 1.88. The zero-order valence-electron chi connectivity index (χ0n) is 10.2. The van der Waals surface area contributed by atoms with Crippen molar-refractivity contribution in [1.29, 1.82) is 0 Å². The first-order chi connectivity index (χ1) is 8.74. The lowest BCUT2D eigenvalue weighted by Gasteiger charge is -2.17. The number of hydrogen-bond donors (Lipinski definition) is 1. The van der Waals surface area contributed by atoms with E-state index < -0.39 is 0 Å². The van der Waals surface area contributed by atoms with E-state index in [-0.39, 0.29) is 6.04 Å². The van der Waals surface area contributed by atoms with Crippen molar-refractivity contribution in [1.82, 2.24) is 20.2 Å². The third-order valence-electron chi connectivity index (χ3n) is 3.22. The van der Waals surface area contributed by atoms with Gasteiger partial charge in [0, 0.05) is 29.0 Å². The summed E-state index contributed by atoms with van der Waals surface area (Å²) in [6.07, 6.45) is 0.674. The van der Waals surface area contributed by atoms with E-state index in [2.05, 4.69) is 39.7 Å². The van der Waals surface area contributed by atoms with Gasteiger partial charge in [0.05, 0.1) is 7.05 Å². The summed E-state index contributed by atoms with van der Waals surface area (Å²) in [7, 11) is 1.77. The highest BCUT2D eigenvalue weighted by Crippen LogP contribution is 2.40. The van der Waals surface area contributed by atoms with E-state index in [4.69, 9.17) is 5.73 Å². The molecule has 1 aromatic heterocycles. The average molecular weight is 261 g/mol. The highest BCUT2D eigenvalue weighted by atomic mass is 32.2. The molecule has 0 saturated heterocycles. The fourth-order valence-corrected chi connectivity index (χ4v) is 3.65. The van der Waals surface area contributed by atoms with Crippen molar-refractivity contribution in [2.75, 3.05) is 5.75 Å². The maximum Gasteiger partial charge on any atom is 0.176 e. The average Bonchev–Trinajstić information content (AvgIpc) is 2.95. The van der Waals surface area contributed by atoms with Crippen LogP contribution in [0.3, 0.4) is 0 Å². The maximum atomic E-state index is 6.30. The minimum absolute atomic E-state index is 0.0466. The van der Waals surface area contributed by atoms with Crippen LogP contribution in [0.1, 0.15) is 17.3 Å². The molecule has 2 atom stereocenters. The van der Waals surface area contributed by atoms with Crippen molar-refractivity contribution in [2.45, 2.75) is 23.3 Å². The Kier molecular flexibility index (Phi) is 3.05. The van der Waals surface area contributed by atoms with Gasteiger partial charge in [0.2, 0.25) is 0 Å². The van der Waals surface area contributed by atoms with Crippen LogP contribution in [0.25, 0.3) is 0 Å². The predicted molar refractivity (Wildman–Crippen MR) is 70.4 cm³/mol. The van der Waals surface area contributed by atoms with Gasteiger partial charge in [-0.05, 0) is 16.8 Å². The highest BCUT2D eigenvalue weighted by molar-refractivity contribution is 7.99. The van der Waals surface area contributed by atoms with Crippen LogP contribution >= 0.6 is 11.8 Å². The molecule has 1 aromatic carbocycles. The summed E-state index contributed by atoms with van der Waals surface area (Å²) in [4.78, 5) is 2.82. The number of tetrazole rings is 1. The highest BCUT2D eigenvalue weighted by Gasteiger charge is 2.28. The van der Waals surface area contributed by atoms with E-state index in [9.17, 15) is 0 Å². The molecular weight excluding hydrogens is 246 g/mol. The van der Waals surface area contributed by atoms with Gasteiger partial charge in [0.15, 0.2) is 5.82 Å². The zero-order valence-corrected chi connectivity index (χ0v) is 11.0. The van der Waals surface area contributed by atoms with E-state index in [0.29, 0.717) is 12.3 Å². The maximum absolute atomic E-state index is 6.30. The van der Waals surface area contributed by atoms with Crippen LogP contribution in [-0.4, -0.2) is 32.0 Å². The number of benzene rings is 1. The second-order valence-corrected chi connectivity index (χ2v) is 5.58. The van der Waals surface area contributed by atoms with E-state index in [1.807, 2.05) is 11.8 Å². The number of nitrogens with zero attached hydrogens (tertiary/aromatic N) is 4. The van der Waals surface area contributed by atoms with Gasteiger partial charge in [-0.3, -0.25) is 0 Å². The molecule has 2 N–H and O–H groups in total. The number of fused-ring (bicyclic) bond motifs is 1. The number of nitrogens with two attached hydrogens (primary N) is 1. The zero-order chi connectivity index (χ0) is 12.5. The van der Waals surface area contributed by atoms with Crippen molar-refractivity contribution in [3.05, 3.63) is 35.7 Å².